The van der Waals surface area contributed by atoms with Crippen molar-refractivity contribution < 1.29 is 9.59 Å². The summed E-state index contributed by atoms with van der Waals surface area (Å²) in [5.74, 6) is -0.349. The fraction of sp³-hybridized carbons (Fsp3) is 0.182. The molecule has 2 amide bonds. The lowest BCUT2D eigenvalue weighted by Crippen LogP contribution is -2.23. The van der Waals surface area contributed by atoms with Crippen LogP contribution in [0.3, 0.4) is 0 Å². The van der Waals surface area contributed by atoms with Crippen molar-refractivity contribution >= 4 is 29.1 Å². The Kier molecular flexibility index (Phi) is 3.05. The first-order valence-electron chi connectivity index (χ1n) is 4.76. The largest absolute Gasteiger partial charge is 0.288 e. The van der Waals surface area contributed by atoms with Gasteiger partial charge in [-0.3, -0.25) is 19.9 Å². The van der Waals surface area contributed by atoms with Crippen molar-refractivity contribution in [1.29, 1.82) is 0 Å². The van der Waals surface area contributed by atoms with Crippen molar-refractivity contribution in [3.05, 3.63) is 35.4 Å². The van der Waals surface area contributed by atoms with Gasteiger partial charge in [0.25, 0.3) is 11.1 Å². The molecule has 0 aromatic heterocycles. The molecular weight excluding hydrogens is 224 g/mol. The Morgan fingerprint density at radius 1 is 1.31 bits per heavy atom. The molecule has 2 rings (SSSR count). The van der Waals surface area contributed by atoms with E-state index in [1.165, 1.54) is 5.56 Å². The van der Waals surface area contributed by atoms with Crippen molar-refractivity contribution in [3.63, 3.8) is 0 Å². The Morgan fingerprint density at radius 2 is 2.00 bits per heavy atom. The van der Waals surface area contributed by atoms with Crippen LogP contribution in [-0.2, 0) is 4.79 Å². The molecular formula is C11H10N2O2S. The van der Waals surface area contributed by atoms with Crippen molar-refractivity contribution in [2.45, 2.75) is 12.3 Å². The maximum Gasteiger partial charge on any atom is 0.288 e. The van der Waals surface area contributed by atoms with E-state index in [0.29, 0.717) is 0 Å². The predicted octanol–water partition coefficient (Wildman–Crippen LogP) is 1.72. The minimum absolute atomic E-state index is 0.337. The van der Waals surface area contributed by atoms with Crippen molar-refractivity contribution in [2.75, 3.05) is 0 Å². The van der Waals surface area contributed by atoms with Crippen molar-refractivity contribution in [3.8, 4) is 0 Å². The normalized spacial score (nSPS) is 20.4. The summed E-state index contributed by atoms with van der Waals surface area (Å²) in [6.45, 7) is 2.00. The van der Waals surface area contributed by atoms with Gasteiger partial charge in [0, 0.05) is 6.21 Å². The molecule has 1 heterocycles. The summed E-state index contributed by atoms with van der Waals surface area (Å²) >= 11 is 0.899. The molecule has 1 aromatic rings. The number of carbonyl (C=O) groups excluding carboxylic acids is 2. The number of rotatable bonds is 2. The quantitative estimate of drug-likeness (QED) is 0.793. The van der Waals surface area contributed by atoms with Crippen LogP contribution in [0.25, 0.3) is 0 Å². The minimum Gasteiger partial charge on any atom is -0.284 e. The van der Waals surface area contributed by atoms with Crippen LogP contribution in [0.2, 0.25) is 0 Å². The monoisotopic (exact) mass is 234 g/mol. The lowest BCUT2D eigenvalue weighted by atomic mass is 10.2. The first-order chi connectivity index (χ1) is 7.65. The van der Waals surface area contributed by atoms with Crippen LogP contribution in [0.1, 0.15) is 11.1 Å². The Hall–Kier alpha value is -1.62. The third-order valence-corrected chi connectivity index (χ3v) is 2.98. The van der Waals surface area contributed by atoms with Crippen LogP contribution in [0.4, 0.5) is 4.79 Å². The average Bonchev–Trinajstić information content (AvgIpc) is 2.57. The molecule has 1 saturated heterocycles. The van der Waals surface area contributed by atoms with Gasteiger partial charge in [0.2, 0.25) is 0 Å². The van der Waals surface area contributed by atoms with E-state index in [2.05, 4.69) is 10.3 Å². The summed E-state index contributed by atoms with van der Waals surface area (Å²) in [5.41, 5.74) is 2.08. The third-order valence-electron chi connectivity index (χ3n) is 2.10. The number of hydrogen-bond acceptors (Lipinski definition) is 4. The number of aryl methyl sites for hydroxylation is 1. The number of nitrogens with zero attached hydrogens (tertiary/aromatic N) is 1. The molecule has 1 atom stereocenters. The molecule has 1 aliphatic heterocycles. The summed E-state index contributed by atoms with van der Waals surface area (Å²) in [6, 6.07) is 7.76. The number of nitrogens with one attached hydrogen (secondary N) is 1. The summed E-state index contributed by atoms with van der Waals surface area (Å²) in [7, 11) is 0. The van der Waals surface area contributed by atoms with Gasteiger partial charge in [-0.05, 0) is 24.2 Å². The molecule has 1 N–H and O–H groups in total. The third kappa shape index (κ3) is 2.49. The standard InChI is InChI=1S/C11H10N2O2S/c1-7-2-4-8(5-3-7)6-12-10-9(14)13-11(15)16-10/h2-6,10H,1H3,(H,13,14,15). The predicted molar refractivity (Wildman–Crippen MR) is 63.7 cm³/mol. The molecule has 1 unspecified atom stereocenters. The zero-order valence-electron chi connectivity index (χ0n) is 8.64. The Bertz CT molecular complexity index is 454. The fourth-order valence-corrected chi connectivity index (χ4v) is 1.90. The molecule has 0 saturated carbocycles. The molecule has 5 heteroatoms. The smallest absolute Gasteiger partial charge is 0.284 e. The number of benzene rings is 1. The second-order valence-corrected chi connectivity index (χ2v) is 4.49. The van der Waals surface area contributed by atoms with E-state index in [9.17, 15) is 9.59 Å². The Morgan fingerprint density at radius 3 is 2.56 bits per heavy atom. The highest BCUT2D eigenvalue weighted by molar-refractivity contribution is 8.15. The number of aliphatic imine (C=N–C) groups is 1. The van der Waals surface area contributed by atoms with E-state index in [4.69, 9.17) is 0 Å². The van der Waals surface area contributed by atoms with E-state index < -0.39 is 5.37 Å². The first kappa shape index (κ1) is 10.9. The molecule has 1 aliphatic rings. The Labute approximate surface area is 97.1 Å². The van der Waals surface area contributed by atoms with Gasteiger partial charge in [0.05, 0.1) is 0 Å². The summed E-state index contributed by atoms with van der Waals surface area (Å²) < 4.78 is 0. The minimum atomic E-state index is -0.645. The van der Waals surface area contributed by atoms with Gasteiger partial charge in [-0.25, -0.2) is 0 Å². The molecule has 1 fully saturated rings. The summed E-state index contributed by atoms with van der Waals surface area (Å²) in [4.78, 5) is 26.1. The number of thioether (sulfide) groups is 1. The van der Waals surface area contributed by atoms with Gasteiger partial charge in [-0.15, -0.1) is 0 Å². The lowest BCUT2D eigenvalue weighted by molar-refractivity contribution is -0.118. The molecule has 0 bridgehead atoms. The van der Waals surface area contributed by atoms with Gasteiger partial charge in [0.1, 0.15) is 0 Å². The highest BCUT2D eigenvalue weighted by Crippen LogP contribution is 2.19. The van der Waals surface area contributed by atoms with Crippen LogP contribution in [0.5, 0.6) is 0 Å². The van der Waals surface area contributed by atoms with Crippen LogP contribution in [0.15, 0.2) is 29.3 Å². The van der Waals surface area contributed by atoms with Crippen LogP contribution >= 0.6 is 11.8 Å². The van der Waals surface area contributed by atoms with Crippen LogP contribution in [0, 0.1) is 6.92 Å². The summed E-state index contributed by atoms with van der Waals surface area (Å²) in [5, 5.41) is 1.20. The van der Waals surface area contributed by atoms with E-state index in [1.54, 1.807) is 6.21 Å². The summed E-state index contributed by atoms with van der Waals surface area (Å²) in [6.07, 6.45) is 1.61. The molecule has 4 nitrogen and oxygen atoms in total. The van der Waals surface area contributed by atoms with E-state index in [0.717, 1.165) is 17.3 Å². The van der Waals surface area contributed by atoms with Crippen LogP contribution < -0.4 is 5.32 Å². The van der Waals surface area contributed by atoms with E-state index >= 15 is 0 Å². The maximum absolute atomic E-state index is 11.2. The van der Waals surface area contributed by atoms with Crippen molar-refractivity contribution in [1.82, 2.24) is 5.32 Å². The number of imide groups is 1. The number of amides is 2. The number of carbonyl (C=O) groups is 2. The van der Waals surface area contributed by atoms with E-state index in [-0.39, 0.29) is 11.1 Å². The molecule has 0 aliphatic carbocycles. The molecule has 1 aromatic carbocycles. The maximum atomic E-state index is 11.2. The SMILES string of the molecule is Cc1ccc(C=NC2SC(=O)NC2=O)cc1. The Balaban J connectivity index is 2.07. The highest BCUT2D eigenvalue weighted by Gasteiger charge is 2.30. The molecule has 82 valence electrons. The number of hydrogen-bond donors (Lipinski definition) is 1. The van der Waals surface area contributed by atoms with Crippen LogP contribution in [-0.4, -0.2) is 22.7 Å². The van der Waals surface area contributed by atoms with Gasteiger partial charge in [-0.2, -0.15) is 0 Å². The second kappa shape index (κ2) is 4.49. The molecule has 0 spiro atoms. The van der Waals surface area contributed by atoms with Crippen molar-refractivity contribution in [2.24, 2.45) is 4.99 Å². The zero-order valence-corrected chi connectivity index (χ0v) is 9.45. The van der Waals surface area contributed by atoms with Gasteiger partial charge < -0.3 is 0 Å². The fourth-order valence-electron chi connectivity index (χ4n) is 1.25. The first-order valence-corrected chi connectivity index (χ1v) is 5.64. The molecule has 0 radical (unpaired) electrons. The van der Waals surface area contributed by atoms with E-state index in [1.807, 2.05) is 31.2 Å². The average molecular weight is 234 g/mol. The molecule has 16 heavy (non-hydrogen) atoms. The van der Waals surface area contributed by atoms with Gasteiger partial charge >= 0.3 is 0 Å². The zero-order chi connectivity index (χ0) is 11.5. The van der Waals surface area contributed by atoms with Gasteiger partial charge in [0.15, 0.2) is 5.37 Å². The second-order valence-electron chi connectivity index (χ2n) is 3.44. The lowest BCUT2D eigenvalue weighted by Gasteiger charge is -1.97. The van der Waals surface area contributed by atoms with Gasteiger partial charge in [-0.1, -0.05) is 29.8 Å². The topological polar surface area (TPSA) is 58.5 Å². The highest BCUT2D eigenvalue weighted by atomic mass is 32.2.